The molecule has 0 unspecified atom stereocenters. The van der Waals surface area contributed by atoms with Crippen LogP contribution in [0.5, 0.6) is 0 Å². The van der Waals surface area contributed by atoms with Crippen LogP contribution in [-0.4, -0.2) is 0 Å². The van der Waals surface area contributed by atoms with E-state index in [0.717, 1.165) is 0 Å². The summed E-state index contributed by atoms with van der Waals surface area (Å²) in [5, 5.41) is 0.307. The van der Waals surface area contributed by atoms with E-state index in [1.165, 1.54) is 6.07 Å². The molecule has 0 atom stereocenters. The van der Waals surface area contributed by atoms with E-state index >= 15 is 0 Å². The van der Waals surface area contributed by atoms with E-state index in [9.17, 15) is 4.39 Å². The maximum absolute atomic E-state index is 13.2. The fourth-order valence-corrected chi connectivity index (χ4v) is 1.36. The summed E-state index contributed by atoms with van der Waals surface area (Å²) in [6.45, 7) is -0.0376. The van der Waals surface area contributed by atoms with Crippen LogP contribution in [0.1, 0.15) is 5.56 Å². The van der Waals surface area contributed by atoms with Crippen LogP contribution in [0.15, 0.2) is 16.6 Å². The lowest BCUT2D eigenvalue weighted by molar-refractivity contribution is 0.121. The predicted octanol–water partition coefficient (Wildman–Crippen LogP) is 2.63. The van der Waals surface area contributed by atoms with Crippen molar-refractivity contribution in [1.29, 1.82) is 0 Å². The van der Waals surface area contributed by atoms with Crippen LogP contribution in [0.3, 0.4) is 0 Å². The summed E-state index contributed by atoms with van der Waals surface area (Å²) in [5.74, 6) is 4.37. The fourth-order valence-electron chi connectivity index (χ4n) is 0.785. The second kappa shape index (κ2) is 4.18. The first-order valence-corrected chi connectivity index (χ1v) is 4.28. The highest BCUT2D eigenvalue weighted by Gasteiger charge is 2.10. The molecule has 1 rings (SSSR count). The Morgan fingerprint density at radius 3 is 2.83 bits per heavy atom. The highest BCUT2D eigenvalue weighted by Crippen LogP contribution is 2.25. The van der Waals surface area contributed by atoms with Gasteiger partial charge in [-0.15, -0.1) is 0 Å². The largest absolute Gasteiger partial charge is 0.300 e. The molecule has 0 heterocycles. The monoisotopic (exact) mass is 253 g/mol. The van der Waals surface area contributed by atoms with Gasteiger partial charge in [0.05, 0.1) is 11.1 Å². The first-order valence-electron chi connectivity index (χ1n) is 3.11. The van der Waals surface area contributed by atoms with Crippen molar-refractivity contribution < 1.29 is 9.23 Å². The Hall–Kier alpha value is -0.160. The zero-order valence-electron chi connectivity index (χ0n) is 5.98. The molecule has 12 heavy (non-hydrogen) atoms. The molecular formula is C7H6BrClFNO. The second-order valence-electron chi connectivity index (χ2n) is 2.13. The summed E-state index contributed by atoms with van der Waals surface area (Å²) in [6.07, 6.45) is 0. The van der Waals surface area contributed by atoms with Gasteiger partial charge in [-0.05, 0) is 28.1 Å². The molecule has 0 aliphatic heterocycles. The Labute approximate surface area is 82.5 Å². The Balaban J connectivity index is 3.14. The SMILES string of the molecule is NOCc1c(Cl)ccc(Br)c1F. The standard InChI is InChI=1S/C7H6BrClFNO/c8-5-1-2-6(9)4(3-12-11)7(5)10/h1-2H,3,11H2. The quantitative estimate of drug-likeness (QED) is 0.650. The zero-order valence-corrected chi connectivity index (χ0v) is 8.32. The van der Waals surface area contributed by atoms with Gasteiger partial charge in [-0.2, -0.15) is 0 Å². The topological polar surface area (TPSA) is 35.2 Å². The van der Waals surface area contributed by atoms with Gasteiger partial charge in [-0.25, -0.2) is 10.3 Å². The van der Waals surface area contributed by atoms with Crippen LogP contribution in [-0.2, 0) is 11.4 Å². The molecule has 0 radical (unpaired) electrons. The van der Waals surface area contributed by atoms with Gasteiger partial charge in [0.15, 0.2) is 0 Å². The first-order chi connectivity index (χ1) is 5.66. The molecule has 2 nitrogen and oxygen atoms in total. The minimum atomic E-state index is -0.437. The van der Waals surface area contributed by atoms with Crippen molar-refractivity contribution >= 4 is 27.5 Å². The highest BCUT2D eigenvalue weighted by molar-refractivity contribution is 9.10. The minimum absolute atomic E-state index is 0.0376. The van der Waals surface area contributed by atoms with E-state index < -0.39 is 5.82 Å². The lowest BCUT2D eigenvalue weighted by Gasteiger charge is -2.04. The molecule has 1 aromatic rings. The lowest BCUT2D eigenvalue weighted by atomic mass is 10.2. The summed E-state index contributed by atoms with van der Waals surface area (Å²) in [6, 6.07) is 3.10. The number of hydrogen-bond acceptors (Lipinski definition) is 2. The smallest absolute Gasteiger partial charge is 0.144 e. The summed E-state index contributed by atoms with van der Waals surface area (Å²) >= 11 is 8.70. The predicted molar refractivity (Wildman–Crippen MR) is 48.1 cm³/mol. The normalized spacial score (nSPS) is 10.3. The van der Waals surface area contributed by atoms with E-state index in [-0.39, 0.29) is 12.2 Å². The number of rotatable bonds is 2. The van der Waals surface area contributed by atoms with Crippen LogP contribution in [0, 0.1) is 5.82 Å². The number of benzene rings is 1. The van der Waals surface area contributed by atoms with E-state index in [1.54, 1.807) is 6.07 Å². The van der Waals surface area contributed by atoms with Crippen molar-refractivity contribution in [3.63, 3.8) is 0 Å². The van der Waals surface area contributed by atoms with Crippen molar-refractivity contribution in [2.45, 2.75) is 6.61 Å². The molecule has 0 aliphatic rings. The number of halogens is 3. The minimum Gasteiger partial charge on any atom is -0.300 e. The summed E-state index contributed by atoms with van der Waals surface area (Å²) < 4.78 is 13.5. The van der Waals surface area contributed by atoms with Gasteiger partial charge < -0.3 is 0 Å². The molecule has 66 valence electrons. The van der Waals surface area contributed by atoms with E-state index in [4.69, 9.17) is 17.5 Å². The molecule has 0 saturated heterocycles. The molecule has 0 spiro atoms. The average Bonchev–Trinajstić information content (AvgIpc) is 2.06. The maximum atomic E-state index is 13.2. The molecule has 0 aromatic heterocycles. The average molecular weight is 254 g/mol. The number of nitrogens with two attached hydrogens (primary N) is 1. The van der Waals surface area contributed by atoms with Gasteiger partial charge in [-0.1, -0.05) is 11.6 Å². The molecule has 0 aliphatic carbocycles. The molecule has 2 N–H and O–H groups in total. The van der Waals surface area contributed by atoms with Gasteiger partial charge in [0, 0.05) is 10.6 Å². The van der Waals surface area contributed by atoms with Crippen molar-refractivity contribution in [3.8, 4) is 0 Å². The second-order valence-corrected chi connectivity index (χ2v) is 3.39. The fraction of sp³-hybridized carbons (Fsp3) is 0.143. The van der Waals surface area contributed by atoms with Gasteiger partial charge in [0.1, 0.15) is 5.82 Å². The Kier molecular flexibility index (Phi) is 3.46. The van der Waals surface area contributed by atoms with E-state index in [0.29, 0.717) is 9.50 Å². The summed E-state index contributed by atoms with van der Waals surface area (Å²) in [7, 11) is 0. The van der Waals surface area contributed by atoms with Crippen LogP contribution < -0.4 is 5.90 Å². The molecular weight excluding hydrogens is 248 g/mol. The maximum Gasteiger partial charge on any atom is 0.144 e. The van der Waals surface area contributed by atoms with Crippen LogP contribution in [0.25, 0.3) is 0 Å². The Bertz CT molecular complexity index is 295. The van der Waals surface area contributed by atoms with Crippen LogP contribution in [0.4, 0.5) is 4.39 Å². The van der Waals surface area contributed by atoms with Crippen molar-refractivity contribution in [3.05, 3.63) is 33.0 Å². The van der Waals surface area contributed by atoms with Crippen molar-refractivity contribution in [1.82, 2.24) is 0 Å². The highest BCUT2D eigenvalue weighted by atomic mass is 79.9. The third-order valence-corrected chi connectivity index (χ3v) is 2.33. The zero-order chi connectivity index (χ0) is 9.14. The third-order valence-electron chi connectivity index (χ3n) is 1.37. The molecule has 1 aromatic carbocycles. The number of hydrogen-bond donors (Lipinski definition) is 1. The molecule has 0 amide bonds. The Morgan fingerprint density at radius 2 is 2.25 bits per heavy atom. The molecule has 0 fully saturated rings. The van der Waals surface area contributed by atoms with Crippen molar-refractivity contribution in [2.75, 3.05) is 0 Å². The van der Waals surface area contributed by atoms with E-state index in [1.807, 2.05) is 0 Å². The van der Waals surface area contributed by atoms with Gasteiger partial charge in [-0.3, -0.25) is 4.84 Å². The third kappa shape index (κ3) is 1.95. The molecule has 0 bridgehead atoms. The summed E-state index contributed by atoms with van der Waals surface area (Å²) in [4.78, 5) is 4.30. The Morgan fingerprint density at radius 1 is 1.58 bits per heavy atom. The van der Waals surface area contributed by atoms with Crippen LogP contribution >= 0.6 is 27.5 Å². The van der Waals surface area contributed by atoms with Gasteiger partial charge in [0.25, 0.3) is 0 Å². The summed E-state index contributed by atoms with van der Waals surface area (Å²) in [5.41, 5.74) is 0.258. The molecule has 5 heteroatoms. The van der Waals surface area contributed by atoms with Gasteiger partial charge >= 0.3 is 0 Å². The van der Waals surface area contributed by atoms with Gasteiger partial charge in [0.2, 0.25) is 0 Å². The lowest BCUT2D eigenvalue weighted by Crippen LogP contribution is -2.02. The molecule has 0 saturated carbocycles. The van der Waals surface area contributed by atoms with Crippen LogP contribution in [0.2, 0.25) is 5.02 Å². The van der Waals surface area contributed by atoms with E-state index in [2.05, 4.69) is 20.8 Å². The first kappa shape index (κ1) is 9.92. The van der Waals surface area contributed by atoms with Crippen molar-refractivity contribution in [2.24, 2.45) is 5.90 Å².